The summed E-state index contributed by atoms with van der Waals surface area (Å²) in [6.45, 7) is 13.7. The zero-order chi connectivity index (χ0) is 26.3. The van der Waals surface area contributed by atoms with Gasteiger partial charge in [-0.15, -0.1) is 0 Å². The van der Waals surface area contributed by atoms with Crippen molar-refractivity contribution in [2.75, 3.05) is 69.3 Å². The van der Waals surface area contributed by atoms with Gasteiger partial charge in [0.15, 0.2) is 0 Å². The van der Waals surface area contributed by atoms with Crippen LogP contribution in [0.15, 0.2) is 24.3 Å². The van der Waals surface area contributed by atoms with Crippen LogP contribution in [0.4, 0.5) is 16.2 Å². The van der Waals surface area contributed by atoms with Crippen molar-refractivity contribution in [1.29, 1.82) is 0 Å². The van der Waals surface area contributed by atoms with Crippen LogP contribution in [0.25, 0.3) is 0 Å². The first-order chi connectivity index (χ1) is 17.1. The number of rotatable bonds is 7. The standard InChI is InChI=1S/C27H42N4O5/c1-21(32)31(20-25(33)35-5)24-8-6-23(7-9-24)29-18-16-28(17-19-29)13-10-22-11-14-30(15-12-22)26(34)36-27(2,3)4/h6-9,22H,10-20H2,1-5H3. The molecule has 0 spiro atoms. The third-order valence-corrected chi connectivity index (χ3v) is 6.91. The molecule has 0 N–H and O–H groups in total. The second kappa shape index (κ2) is 12.4. The molecule has 3 rings (SSSR count). The quantitative estimate of drug-likeness (QED) is 0.529. The first-order valence-corrected chi connectivity index (χ1v) is 13.0. The van der Waals surface area contributed by atoms with Gasteiger partial charge in [-0.3, -0.25) is 14.5 Å². The van der Waals surface area contributed by atoms with E-state index in [4.69, 9.17) is 9.47 Å². The topological polar surface area (TPSA) is 82.6 Å². The molecule has 0 unspecified atom stereocenters. The summed E-state index contributed by atoms with van der Waals surface area (Å²) in [5, 5.41) is 0. The zero-order valence-corrected chi connectivity index (χ0v) is 22.5. The molecular weight excluding hydrogens is 460 g/mol. The summed E-state index contributed by atoms with van der Waals surface area (Å²) in [5.41, 5.74) is 1.36. The van der Waals surface area contributed by atoms with E-state index >= 15 is 0 Å². The highest BCUT2D eigenvalue weighted by molar-refractivity contribution is 5.96. The molecule has 36 heavy (non-hydrogen) atoms. The Balaban J connectivity index is 1.40. The van der Waals surface area contributed by atoms with E-state index < -0.39 is 11.6 Å². The van der Waals surface area contributed by atoms with E-state index in [0.717, 1.165) is 70.8 Å². The number of benzene rings is 1. The molecule has 2 saturated heterocycles. The van der Waals surface area contributed by atoms with Gasteiger partial charge < -0.3 is 24.2 Å². The van der Waals surface area contributed by atoms with Crippen LogP contribution in [0.2, 0.25) is 0 Å². The number of hydrogen-bond acceptors (Lipinski definition) is 7. The van der Waals surface area contributed by atoms with E-state index in [0.29, 0.717) is 11.6 Å². The van der Waals surface area contributed by atoms with Crippen molar-refractivity contribution in [2.45, 2.75) is 52.6 Å². The van der Waals surface area contributed by atoms with Crippen molar-refractivity contribution in [3.8, 4) is 0 Å². The molecule has 9 nitrogen and oxygen atoms in total. The van der Waals surface area contributed by atoms with Gasteiger partial charge >= 0.3 is 12.1 Å². The first kappa shape index (κ1) is 27.8. The summed E-state index contributed by atoms with van der Waals surface area (Å²) in [7, 11) is 1.32. The molecule has 2 aliphatic heterocycles. The predicted molar refractivity (Wildman–Crippen MR) is 140 cm³/mol. The molecule has 1 aromatic carbocycles. The summed E-state index contributed by atoms with van der Waals surface area (Å²) in [5.74, 6) is 0.0137. The van der Waals surface area contributed by atoms with Gasteiger partial charge in [0.2, 0.25) is 5.91 Å². The van der Waals surface area contributed by atoms with Gasteiger partial charge in [0, 0.05) is 57.6 Å². The van der Waals surface area contributed by atoms with Gasteiger partial charge in [0.05, 0.1) is 7.11 Å². The SMILES string of the molecule is COC(=O)CN(C(C)=O)c1ccc(N2CCN(CCC3CCN(C(=O)OC(C)(C)C)CC3)CC2)cc1. The fourth-order valence-electron chi connectivity index (χ4n) is 4.75. The summed E-state index contributed by atoms with van der Waals surface area (Å²) in [4.78, 5) is 44.0. The molecule has 2 heterocycles. The van der Waals surface area contributed by atoms with Crippen LogP contribution >= 0.6 is 0 Å². The number of nitrogens with zero attached hydrogens (tertiary/aromatic N) is 4. The average Bonchev–Trinajstić information content (AvgIpc) is 2.85. The zero-order valence-electron chi connectivity index (χ0n) is 22.5. The molecular formula is C27H42N4O5. The number of ether oxygens (including phenoxy) is 2. The Hall–Kier alpha value is -2.81. The van der Waals surface area contributed by atoms with Crippen molar-refractivity contribution in [1.82, 2.24) is 9.80 Å². The van der Waals surface area contributed by atoms with E-state index in [2.05, 4.69) is 9.80 Å². The van der Waals surface area contributed by atoms with Gasteiger partial charge in [-0.1, -0.05) is 0 Å². The minimum Gasteiger partial charge on any atom is -0.468 e. The van der Waals surface area contributed by atoms with Crippen molar-refractivity contribution < 1.29 is 23.9 Å². The Morgan fingerprint density at radius 2 is 1.58 bits per heavy atom. The summed E-state index contributed by atoms with van der Waals surface area (Å²) < 4.78 is 10.2. The van der Waals surface area contributed by atoms with Gasteiger partial charge in [-0.2, -0.15) is 0 Å². The fraction of sp³-hybridized carbons (Fsp3) is 0.667. The lowest BCUT2D eigenvalue weighted by Gasteiger charge is -2.38. The molecule has 2 amide bonds. The Labute approximate surface area is 215 Å². The summed E-state index contributed by atoms with van der Waals surface area (Å²) in [6.07, 6.45) is 3.05. The van der Waals surface area contributed by atoms with E-state index in [1.54, 1.807) is 0 Å². The monoisotopic (exact) mass is 502 g/mol. The molecule has 0 atom stereocenters. The molecule has 2 fully saturated rings. The van der Waals surface area contributed by atoms with Crippen molar-refractivity contribution in [3.63, 3.8) is 0 Å². The van der Waals surface area contributed by atoms with Gasteiger partial charge in [0.25, 0.3) is 0 Å². The summed E-state index contributed by atoms with van der Waals surface area (Å²) >= 11 is 0. The van der Waals surface area contributed by atoms with Crippen LogP contribution in [0.3, 0.4) is 0 Å². The lowest BCUT2D eigenvalue weighted by atomic mass is 9.93. The molecule has 0 aliphatic carbocycles. The molecule has 2 aliphatic rings. The fourth-order valence-corrected chi connectivity index (χ4v) is 4.75. The van der Waals surface area contributed by atoms with Gasteiger partial charge in [0.1, 0.15) is 12.1 Å². The van der Waals surface area contributed by atoms with Crippen molar-refractivity contribution in [3.05, 3.63) is 24.3 Å². The molecule has 200 valence electrons. The first-order valence-electron chi connectivity index (χ1n) is 13.0. The average molecular weight is 503 g/mol. The Kier molecular flexibility index (Phi) is 9.59. The number of carbonyl (C=O) groups excluding carboxylic acids is 3. The van der Waals surface area contributed by atoms with Crippen LogP contribution in [0.5, 0.6) is 0 Å². The molecule has 0 bridgehead atoms. The number of methoxy groups -OCH3 is 1. The minimum absolute atomic E-state index is 0.0934. The van der Waals surface area contributed by atoms with Gasteiger partial charge in [-0.05, 0) is 76.8 Å². The van der Waals surface area contributed by atoms with Crippen LogP contribution < -0.4 is 9.80 Å². The van der Waals surface area contributed by atoms with Crippen LogP contribution in [0.1, 0.15) is 47.0 Å². The normalized spacial score (nSPS) is 17.6. The highest BCUT2D eigenvalue weighted by Crippen LogP contribution is 2.25. The molecule has 0 saturated carbocycles. The smallest absolute Gasteiger partial charge is 0.410 e. The summed E-state index contributed by atoms with van der Waals surface area (Å²) in [6, 6.07) is 7.79. The van der Waals surface area contributed by atoms with E-state index in [1.165, 1.54) is 18.9 Å². The molecule has 9 heteroatoms. The lowest BCUT2D eigenvalue weighted by Crippen LogP contribution is -2.47. The third-order valence-electron chi connectivity index (χ3n) is 6.91. The largest absolute Gasteiger partial charge is 0.468 e. The van der Waals surface area contributed by atoms with E-state index in [-0.39, 0.29) is 18.5 Å². The van der Waals surface area contributed by atoms with Crippen molar-refractivity contribution >= 4 is 29.3 Å². The second-order valence-corrected chi connectivity index (χ2v) is 10.7. The third kappa shape index (κ3) is 8.11. The second-order valence-electron chi connectivity index (χ2n) is 10.7. The maximum atomic E-state index is 12.3. The maximum Gasteiger partial charge on any atom is 0.410 e. The highest BCUT2D eigenvalue weighted by atomic mass is 16.6. The number of piperazine rings is 1. The van der Waals surface area contributed by atoms with E-state index in [1.807, 2.05) is 49.9 Å². The number of piperidine rings is 1. The lowest BCUT2D eigenvalue weighted by molar-refractivity contribution is -0.139. The van der Waals surface area contributed by atoms with Crippen LogP contribution in [-0.2, 0) is 19.1 Å². The molecule has 0 radical (unpaired) electrons. The Morgan fingerprint density at radius 3 is 2.11 bits per heavy atom. The Bertz CT molecular complexity index is 882. The number of carbonyl (C=O) groups is 3. The maximum absolute atomic E-state index is 12.3. The number of hydrogen-bond donors (Lipinski definition) is 0. The number of likely N-dealkylation sites (tertiary alicyclic amines) is 1. The highest BCUT2D eigenvalue weighted by Gasteiger charge is 2.27. The number of anilines is 2. The number of esters is 1. The van der Waals surface area contributed by atoms with Crippen LogP contribution in [0, 0.1) is 5.92 Å². The molecule has 1 aromatic rings. The Morgan fingerprint density at radius 1 is 0.972 bits per heavy atom. The van der Waals surface area contributed by atoms with E-state index in [9.17, 15) is 14.4 Å². The minimum atomic E-state index is -0.447. The van der Waals surface area contributed by atoms with Crippen molar-refractivity contribution in [2.24, 2.45) is 5.92 Å². The van der Waals surface area contributed by atoms with Gasteiger partial charge in [-0.25, -0.2) is 4.79 Å². The molecule has 0 aromatic heterocycles. The number of amides is 2. The van der Waals surface area contributed by atoms with Crippen LogP contribution in [-0.4, -0.2) is 92.8 Å². The predicted octanol–water partition coefficient (Wildman–Crippen LogP) is 3.37.